The summed E-state index contributed by atoms with van der Waals surface area (Å²) in [6, 6.07) is 5.64. The Balaban J connectivity index is 2.67. The van der Waals surface area contributed by atoms with E-state index in [0.29, 0.717) is 18.8 Å². The summed E-state index contributed by atoms with van der Waals surface area (Å²) in [5.74, 6) is 0.575. The number of hydrogen-bond donors (Lipinski definition) is 5. The third kappa shape index (κ3) is 7.33. The zero-order chi connectivity index (χ0) is 19.0. The van der Waals surface area contributed by atoms with Crippen molar-refractivity contribution in [1.82, 2.24) is 10.6 Å². The molecule has 2 unspecified atom stereocenters. The Morgan fingerprint density at radius 3 is 2.36 bits per heavy atom. The molecule has 0 fully saturated rings. The molecule has 1 rings (SSSR count). The first-order chi connectivity index (χ1) is 11.7. The monoisotopic (exact) mass is 388 g/mol. The number of nitrogens with two attached hydrogens (primary N) is 2. The predicted octanol–water partition coefficient (Wildman–Crippen LogP) is 0.212. The van der Waals surface area contributed by atoms with Gasteiger partial charge in [-0.2, -0.15) is 12.6 Å². The van der Waals surface area contributed by atoms with Crippen molar-refractivity contribution >= 4 is 28.6 Å². The van der Waals surface area contributed by atoms with Gasteiger partial charge in [0.05, 0.1) is 10.9 Å². The van der Waals surface area contributed by atoms with E-state index in [-0.39, 0.29) is 28.8 Å². The summed E-state index contributed by atoms with van der Waals surface area (Å²) in [6.45, 7) is 4.84. The highest BCUT2D eigenvalue weighted by Crippen LogP contribution is 2.10. The normalized spacial score (nSPS) is 15.4. The maximum atomic E-state index is 12.5. The summed E-state index contributed by atoms with van der Waals surface area (Å²) in [6.07, 6.45) is 0.851. The zero-order valence-corrected chi connectivity index (χ0v) is 16.3. The minimum Gasteiger partial charge on any atom is -0.351 e. The van der Waals surface area contributed by atoms with Gasteiger partial charge in [0, 0.05) is 24.9 Å². The smallest absolute Gasteiger partial charge is 0.238 e. The molecule has 0 spiro atoms. The number of hydrogen-bond acceptors (Lipinski definition) is 6. The molecule has 0 heterocycles. The minimum atomic E-state index is -3.71. The molecule has 0 bridgehead atoms. The SMILES string of the molecule is CCC(C)[C@H](NCC(N)CS)C(=O)NCc1ccc(S(N)(=O)=O)cc1. The van der Waals surface area contributed by atoms with Gasteiger partial charge in [0.1, 0.15) is 0 Å². The molecule has 142 valence electrons. The van der Waals surface area contributed by atoms with Gasteiger partial charge in [0.15, 0.2) is 0 Å². The summed E-state index contributed by atoms with van der Waals surface area (Å²) in [5.41, 5.74) is 6.64. The number of carbonyl (C=O) groups is 1. The van der Waals surface area contributed by atoms with E-state index in [9.17, 15) is 13.2 Å². The molecule has 0 aliphatic carbocycles. The van der Waals surface area contributed by atoms with Gasteiger partial charge in [0.2, 0.25) is 15.9 Å². The molecule has 0 radical (unpaired) electrons. The molecule has 25 heavy (non-hydrogen) atoms. The van der Waals surface area contributed by atoms with Crippen molar-refractivity contribution in [3.05, 3.63) is 29.8 Å². The van der Waals surface area contributed by atoms with E-state index in [2.05, 4.69) is 23.3 Å². The predicted molar refractivity (Wildman–Crippen MR) is 103 cm³/mol. The number of thiol groups is 1. The molecule has 0 aliphatic rings. The average Bonchev–Trinajstić information content (AvgIpc) is 2.59. The van der Waals surface area contributed by atoms with E-state index in [0.717, 1.165) is 12.0 Å². The second-order valence-corrected chi connectivity index (χ2v) is 8.05. The Morgan fingerprint density at radius 2 is 1.88 bits per heavy atom. The van der Waals surface area contributed by atoms with Crippen molar-refractivity contribution < 1.29 is 13.2 Å². The zero-order valence-electron chi connectivity index (χ0n) is 14.6. The Hall–Kier alpha value is -1.13. The Morgan fingerprint density at radius 1 is 1.28 bits per heavy atom. The maximum Gasteiger partial charge on any atom is 0.238 e. The molecule has 6 N–H and O–H groups in total. The lowest BCUT2D eigenvalue weighted by atomic mass is 9.98. The molecule has 0 saturated heterocycles. The number of sulfonamides is 1. The second kappa shape index (κ2) is 10.1. The molecular weight excluding hydrogens is 360 g/mol. The van der Waals surface area contributed by atoms with E-state index >= 15 is 0 Å². The van der Waals surface area contributed by atoms with Gasteiger partial charge < -0.3 is 16.4 Å². The molecular formula is C16H28N4O3S2. The van der Waals surface area contributed by atoms with Crippen LogP contribution in [0.3, 0.4) is 0 Å². The standard InChI is InChI=1S/C16H28N4O3S2/c1-3-11(2)15(19-9-13(17)10-24)16(21)20-8-12-4-6-14(7-5-12)25(18,22)23/h4-7,11,13,15,19,24H,3,8-10,17H2,1-2H3,(H,20,21)(H2,18,22,23)/t11?,13?,15-/m0/s1. The highest BCUT2D eigenvalue weighted by molar-refractivity contribution is 7.89. The first-order valence-electron chi connectivity index (χ1n) is 8.18. The highest BCUT2D eigenvalue weighted by atomic mass is 32.2. The van der Waals surface area contributed by atoms with Crippen LogP contribution in [0.2, 0.25) is 0 Å². The van der Waals surface area contributed by atoms with Crippen LogP contribution in [0.25, 0.3) is 0 Å². The molecule has 9 heteroatoms. The van der Waals surface area contributed by atoms with E-state index in [1.54, 1.807) is 12.1 Å². The van der Waals surface area contributed by atoms with Gasteiger partial charge in [-0.05, 0) is 23.6 Å². The van der Waals surface area contributed by atoms with Crippen molar-refractivity contribution in [1.29, 1.82) is 0 Å². The largest absolute Gasteiger partial charge is 0.351 e. The number of nitrogens with one attached hydrogen (secondary N) is 2. The molecule has 0 aromatic heterocycles. The van der Waals surface area contributed by atoms with Crippen LogP contribution in [0.5, 0.6) is 0 Å². The number of benzene rings is 1. The number of carbonyl (C=O) groups excluding carboxylic acids is 1. The van der Waals surface area contributed by atoms with Crippen molar-refractivity contribution in [2.45, 2.75) is 43.8 Å². The van der Waals surface area contributed by atoms with Crippen molar-refractivity contribution in [2.75, 3.05) is 12.3 Å². The first-order valence-corrected chi connectivity index (χ1v) is 10.4. The average molecular weight is 389 g/mol. The van der Waals surface area contributed by atoms with Crippen LogP contribution >= 0.6 is 12.6 Å². The van der Waals surface area contributed by atoms with Crippen molar-refractivity contribution in [3.63, 3.8) is 0 Å². The highest BCUT2D eigenvalue weighted by Gasteiger charge is 2.23. The summed E-state index contributed by atoms with van der Waals surface area (Å²) in [5, 5.41) is 11.1. The lowest BCUT2D eigenvalue weighted by Crippen LogP contribution is -2.51. The van der Waals surface area contributed by atoms with Crippen LogP contribution < -0.4 is 21.5 Å². The van der Waals surface area contributed by atoms with Crippen molar-refractivity contribution in [2.24, 2.45) is 16.8 Å². The third-order valence-electron chi connectivity index (χ3n) is 4.05. The number of rotatable bonds is 10. The van der Waals surface area contributed by atoms with E-state index in [1.807, 2.05) is 13.8 Å². The minimum absolute atomic E-state index is 0.0440. The number of amides is 1. The van der Waals surface area contributed by atoms with Gasteiger partial charge in [-0.25, -0.2) is 13.6 Å². The molecule has 7 nitrogen and oxygen atoms in total. The van der Waals surface area contributed by atoms with Crippen molar-refractivity contribution in [3.8, 4) is 0 Å². The molecule has 1 amide bonds. The molecule has 3 atom stereocenters. The van der Waals surface area contributed by atoms with Gasteiger partial charge >= 0.3 is 0 Å². The van der Waals surface area contributed by atoms with Crippen LogP contribution in [0, 0.1) is 5.92 Å². The molecule has 0 saturated carbocycles. The fraction of sp³-hybridized carbons (Fsp3) is 0.562. The molecule has 1 aromatic carbocycles. The summed E-state index contributed by atoms with van der Waals surface area (Å²) >= 11 is 4.14. The van der Waals surface area contributed by atoms with Crippen LogP contribution in [0.1, 0.15) is 25.8 Å². The lowest BCUT2D eigenvalue weighted by Gasteiger charge is -2.25. The van der Waals surface area contributed by atoms with Crippen LogP contribution in [-0.2, 0) is 21.4 Å². The Bertz CT molecular complexity index is 650. The maximum absolute atomic E-state index is 12.5. The Labute approximate surface area is 155 Å². The Kier molecular flexibility index (Phi) is 8.87. The molecule has 1 aromatic rings. The van der Waals surface area contributed by atoms with Crippen LogP contribution in [-0.4, -0.2) is 38.7 Å². The fourth-order valence-electron chi connectivity index (χ4n) is 2.23. The fourth-order valence-corrected chi connectivity index (χ4v) is 2.87. The van der Waals surface area contributed by atoms with Gasteiger partial charge in [-0.1, -0.05) is 32.4 Å². The quantitative estimate of drug-likeness (QED) is 0.366. The molecule has 0 aliphatic heterocycles. The van der Waals surface area contributed by atoms with Crippen LogP contribution in [0.4, 0.5) is 0 Å². The van der Waals surface area contributed by atoms with Gasteiger partial charge in [0.25, 0.3) is 0 Å². The summed E-state index contributed by atoms with van der Waals surface area (Å²) < 4.78 is 22.5. The second-order valence-electron chi connectivity index (χ2n) is 6.12. The van der Waals surface area contributed by atoms with Crippen LogP contribution in [0.15, 0.2) is 29.2 Å². The van der Waals surface area contributed by atoms with E-state index in [1.165, 1.54) is 12.1 Å². The lowest BCUT2D eigenvalue weighted by molar-refractivity contribution is -0.124. The summed E-state index contributed by atoms with van der Waals surface area (Å²) in [7, 11) is -3.71. The first kappa shape index (κ1) is 21.9. The summed E-state index contributed by atoms with van der Waals surface area (Å²) in [4.78, 5) is 12.5. The number of primary sulfonamides is 1. The van der Waals surface area contributed by atoms with E-state index < -0.39 is 10.0 Å². The van der Waals surface area contributed by atoms with Gasteiger partial charge in [-0.15, -0.1) is 0 Å². The third-order valence-corrected chi connectivity index (χ3v) is 5.45. The van der Waals surface area contributed by atoms with Gasteiger partial charge in [-0.3, -0.25) is 4.79 Å². The topological polar surface area (TPSA) is 127 Å². The van der Waals surface area contributed by atoms with E-state index in [4.69, 9.17) is 10.9 Å².